The van der Waals surface area contributed by atoms with Crippen molar-refractivity contribution in [3.8, 4) is 22.6 Å². The van der Waals surface area contributed by atoms with E-state index in [-0.39, 0.29) is 42.2 Å². The SMILES string of the molecule is COCCn1cc(C(=O)c2cc(F)ccc2OCc2coc(-c3cccs3)n2)cc(C#N)c1=O. The van der Waals surface area contributed by atoms with Crippen molar-refractivity contribution in [1.82, 2.24) is 9.55 Å². The lowest BCUT2D eigenvalue weighted by Crippen LogP contribution is -2.25. The number of halogens is 1. The Morgan fingerprint density at radius 3 is 2.91 bits per heavy atom. The molecule has 0 radical (unpaired) electrons. The zero-order valence-electron chi connectivity index (χ0n) is 18.0. The number of nitriles is 1. The molecule has 0 spiro atoms. The molecule has 8 nitrogen and oxygen atoms in total. The average molecular weight is 479 g/mol. The van der Waals surface area contributed by atoms with Crippen LogP contribution in [-0.4, -0.2) is 29.1 Å². The Hall–Kier alpha value is -4.07. The number of hydrogen-bond acceptors (Lipinski definition) is 8. The Bertz CT molecular complexity index is 1420. The molecular weight excluding hydrogens is 461 g/mol. The molecule has 0 aliphatic heterocycles. The summed E-state index contributed by atoms with van der Waals surface area (Å²) in [5.74, 6) is -0.659. The van der Waals surface area contributed by atoms with Crippen molar-refractivity contribution in [3.63, 3.8) is 0 Å². The van der Waals surface area contributed by atoms with Gasteiger partial charge in [-0.15, -0.1) is 11.3 Å². The second-order valence-electron chi connectivity index (χ2n) is 7.13. The molecule has 0 saturated carbocycles. The standard InChI is InChI=1S/C24H18FN3O5S/c1-31-7-6-28-12-16(9-15(11-26)24(28)30)22(29)19-10-17(25)4-5-20(19)32-13-18-14-33-23(27-18)21-3-2-8-34-21/h2-5,8-10,12,14H,6-7,13H2,1H3. The Kier molecular flexibility index (Phi) is 6.96. The third-order valence-corrected chi connectivity index (χ3v) is 5.71. The largest absolute Gasteiger partial charge is 0.486 e. The smallest absolute Gasteiger partial charge is 0.268 e. The van der Waals surface area contributed by atoms with Gasteiger partial charge in [-0.2, -0.15) is 5.26 Å². The maximum atomic E-state index is 14.0. The number of nitrogens with zero attached hydrogens (tertiary/aromatic N) is 3. The summed E-state index contributed by atoms with van der Waals surface area (Å²) in [5.41, 5.74) is -0.262. The minimum atomic E-state index is -0.634. The number of aromatic nitrogens is 2. The van der Waals surface area contributed by atoms with Crippen LogP contribution in [0.1, 0.15) is 27.2 Å². The van der Waals surface area contributed by atoms with Crippen LogP contribution in [0.3, 0.4) is 0 Å². The van der Waals surface area contributed by atoms with E-state index < -0.39 is 17.2 Å². The van der Waals surface area contributed by atoms with Crippen molar-refractivity contribution < 1.29 is 23.1 Å². The number of hydrogen-bond donors (Lipinski definition) is 0. The summed E-state index contributed by atoms with van der Waals surface area (Å²) in [7, 11) is 1.47. The Balaban J connectivity index is 1.61. The lowest BCUT2D eigenvalue weighted by Gasteiger charge is -2.12. The van der Waals surface area contributed by atoms with E-state index in [4.69, 9.17) is 13.9 Å². The van der Waals surface area contributed by atoms with Gasteiger partial charge in [-0.05, 0) is 35.7 Å². The van der Waals surface area contributed by atoms with E-state index in [9.17, 15) is 19.2 Å². The van der Waals surface area contributed by atoms with Gasteiger partial charge in [0.1, 0.15) is 41.8 Å². The molecule has 3 heterocycles. The van der Waals surface area contributed by atoms with Crippen LogP contribution in [0, 0.1) is 17.1 Å². The van der Waals surface area contributed by atoms with Crippen LogP contribution in [0.15, 0.2) is 63.4 Å². The summed E-state index contributed by atoms with van der Waals surface area (Å²) < 4.78 is 31.5. The fourth-order valence-electron chi connectivity index (χ4n) is 3.20. The van der Waals surface area contributed by atoms with E-state index in [2.05, 4.69) is 4.98 Å². The van der Waals surface area contributed by atoms with E-state index >= 15 is 0 Å². The molecular formula is C24H18FN3O5S. The highest BCUT2D eigenvalue weighted by atomic mass is 32.1. The minimum absolute atomic E-state index is 0.0163. The lowest BCUT2D eigenvalue weighted by atomic mass is 10.0. The van der Waals surface area contributed by atoms with Gasteiger partial charge in [0.25, 0.3) is 5.56 Å². The minimum Gasteiger partial charge on any atom is -0.486 e. The third kappa shape index (κ3) is 4.96. The van der Waals surface area contributed by atoms with E-state index in [1.807, 2.05) is 17.5 Å². The normalized spacial score (nSPS) is 10.7. The molecule has 1 aromatic carbocycles. The van der Waals surface area contributed by atoms with E-state index in [1.54, 1.807) is 6.07 Å². The maximum Gasteiger partial charge on any atom is 0.268 e. The van der Waals surface area contributed by atoms with Crippen LogP contribution in [0.2, 0.25) is 0 Å². The molecule has 10 heteroatoms. The molecule has 0 atom stereocenters. The molecule has 4 rings (SSSR count). The van der Waals surface area contributed by atoms with Crippen LogP contribution >= 0.6 is 11.3 Å². The van der Waals surface area contributed by atoms with Crippen LogP contribution < -0.4 is 10.3 Å². The fourth-order valence-corrected chi connectivity index (χ4v) is 3.85. The summed E-state index contributed by atoms with van der Waals surface area (Å²) in [6, 6.07) is 10.3. The number of rotatable bonds is 9. The average Bonchev–Trinajstić information content (AvgIpc) is 3.54. The van der Waals surface area contributed by atoms with Gasteiger partial charge in [0, 0.05) is 25.4 Å². The van der Waals surface area contributed by atoms with E-state index in [0.29, 0.717) is 11.6 Å². The van der Waals surface area contributed by atoms with Gasteiger partial charge in [0.15, 0.2) is 5.78 Å². The van der Waals surface area contributed by atoms with Crippen molar-refractivity contribution in [2.45, 2.75) is 13.2 Å². The number of pyridine rings is 1. The summed E-state index contributed by atoms with van der Waals surface area (Å²) in [6.45, 7) is 0.343. The number of thiophene rings is 1. The van der Waals surface area contributed by atoms with Gasteiger partial charge in [-0.3, -0.25) is 9.59 Å². The molecule has 0 aliphatic rings. The van der Waals surface area contributed by atoms with Crippen molar-refractivity contribution in [2.24, 2.45) is 0 Å². The van der Waals surface area contributed by atoms with Gasteiger partial charge in [-0.25, -0.2) is 9.37 Å². The zero-order chi connectivity index (χ0) is 24.1. The van der Waals surface area contributed by atoms with Crippen molar-refractivity contribution in [2.75, 3.05) is 13.7 Å². The first-order valence-corrected chi connectivity index (χ1v) is 11.0. The van der Waals surface area contributed by atoms with Crippen LogP contribution in [0.5, 0.6) is 5.75 Å². The van der Waals surface area contributed by atoms with E-state index in [0.717, 1.165) is 10.9 Å². The summed E-state index contributed by atoms with van der Waals surface area (Å²) >= 11 is 1.48. The first kappa shape index (κ1) is 23.1. The fraction of sp³-hybridized carbons (Fsp3) is 0.167. The van der Waals surface area contributed by atoms with Crippen LogP contribution in [0.4, 0.5) is 4.39 Å². The molecule has 0 amide bonds. The Morgan fingerprint density at radius 1 is 1.32 bits per heavy atom. The van der Waals surface area contributed by atoms with Gasteiger partial charge in [0.2, 0.25) is 5.89 Å². The Labute approximate surface area is 197 Å². The number of carbonyl (C=O) groups is 1. The Morgan fingerprint density at radius 2 is 2.18 bits per heavy atom. The van der Waals surface area contributed by atoms with Crippen LogP contribution in [0.25, 0.3) is 10.8 Å². The molecule has 34 heavy (non-hydrogen) atoms. The molecule has 0 N–H and O–H groups in total. The molecule has 3 aromatic heterocycles. The van der Waals surface area contributed by atoms with Crippen molar-refractivity contribution >= 4 is 17.1 Å². The molecule has 0 saturated heterocycles. The summed E-state index contributed by atoms with van der Waals surface area (Å²) in [4.78, 5) is 30.8. The molecule has 0 fully saturated rings. The van der Waals surface area contributed by atoms with E-state index in [1.165, 1.54) is 53.7 Å². The zero-order valence-corrected chi connectivity index (χ0v) is 18.8. The van der Waals surface area contributed by atoms with Gasteiger partial charge in [-0.1, -0.05) is 6.07 Å². The molecule has 172 valence electrons. The van der Waals surface area contributed by atoms with Crippen LogP contribution in [-0.2, 0) is 17.9 Å². The predicted molar refractivity (Wildman–Crippen MR) is 121 cm³/mol. The number of ether oxygens (including phenoxy) is 2. The molecule has 0 unspecified atom stereocenters. The first-order valence-electron chi connectivity index (χ1n) is 10.1. The highest BCUT2D eigenvalue weighted by Gasteiger charge is 2.20. The number of oxazole rings is 1. The molecule has 4 aromatic rings. The first-order chi connectivity index (χ1) is 16.5. The lowest BCUT2D eigenvalue weighted by molar-refractivity contribution is 0.103. The summed E-state index contributed by atoms with van der Waals surface area (Å²) in [5, 5.41) is 11.2. The van der Waals surface area contributed by atoms with Crippen molar-refractivity contribution in [1.29, 1.82) is 5.26 Å². The second kappa shape index (κ2) is 10.2. The maximum absolute atomic E-state index is 14.0. The highest BCUT2D eigenvalue weighted by Crippen LogP contribution is 2.26. The topological polar surface area (TPSA) is 107 Å². The molecule has 0 bridgehead atoms. The monoisotopic (exact) mass is 479 g/mol. The third-order valence-electron chi connectivity index (χ3n) is 4.85. The van der Waals surface area contributed by atoms with Crippen molar-refractivity contribution in [3.05, 3.63) is 92.8 Å². The quantitative estimate of drug-likeness (QED) is 0.334. The highest BCUT2D eigenvalue weighted by molar-refractivity contribution is 7.13. The predicted octanol–water partition coefficient (Wildman–Crippen LogP) is 4.03. The summed E-state index contributed by atoms with van der Waals surface area (Å²) in [6.07, 6.45) is 2.77. The van der Waals surface area contributed by atoms with Gasteiger partial charge < -0.3 is 18.5 Å². The van der Waals surface area contributed by atoms with Gasteiger partial charge in [0.05, 0.1) is 17.0 Å². The number of carbonyl (C=O) groups excluding carboxylic acids is 1. The van der Waals surface area contributed by atoms with Gasteiger partial charge >= 0.3 is 0 Å². The molecule has 0 aliphatic carbocycles. The number of benzene rings is 1. The second-order valence-corrected chi connectivity index (χ2v) is 8.07. The number of ketones is 1. The number of methoxy groups -OCH3 is 1.